The van der Waals surface area contributed by atoms with Gasteiger partial charge in [-0.2, -0.15) is 0 Å². The van der Waals surface area contributed by atoms with Gasteiger partial charge in [-0.25, -0.2) is 4.79 Å². The Labute approximate surface area is 107 Å². The minimum absolute atomic E-state index is 0.0211. The van der Waals surface area contributed by atoms with Crippen LogP contribution in [0.2, 0.25) is 0 Å². The van der Waals surface area contributed by atoms with Crippen molar-refractivity contribution in [1.82, 2.24) is 10.2 Å². The Hall–Kier alpha value is -1.30. The highest BCUT2D eigenvalue weighted by Gasteiger charge is 2.28. The van der Waals surface area contributed by atoms with Gasteiger partial charge in [0.1, 0.15) is 0 Å². The van der Waals surface area contributed by atoms with E-state index in [0.717, 1.165) is 19.3 Å². The summed E-state index contributed by atoms with van der Waals surface area (Å²) in [5.41, 5.74) is 0. The van der Waals surface area contributed by atoms with Gasteiger partial charge in [0.05, 0.1) is 12.5 Å². The Kier molecular flexibility index (Phi) is 5.91. The van der Waals surface area contributed by atoms with Crippen molar-refractivity contribution in [2.24, 2.45) is 0 Å². The van der Waals surface area contributed by atoms with E-state index < -0.39 is 5.97 Å². The van der Waals surface area contributed by atoms with E-state index in [1.165, 1.54) is 0 Å². The molecule has 18 heavy (non-hydrogen) atoms. The van der Waals surface area contributed by atoms with Gasteiger partial charge >= 0.3 is 12.0 Å². The fourth-order valence-electron chi connectivity index (χ4n) is 2.10. The van der Waals surface area contributed by atoms with Crippen molar-refractivity contribution in [2.75, 3.05) is 20.2 Å². The molecule has 0 aromatic rings. The van der Waals surface area contributed by atoms with E-state index in [9.17, 15) is 9.59 Å². The average Bonchev–Trinajstić information content (AvgIpc) is 2.35. The van der Waals surface area contributed by atoms with Gasteiger partial charge in [0, 0.05) is 26.2 Å². The Morgan fingerprint density at radius 3 is 2.83 bits per heavy atom. The molecule has 0 radical (unpaired) electrons. The van der Waals surface area contributed by atoms with E-state index in [2.05, 4.69) is 5.32 Å². The zero-order valence-electron chi connectivity index (χ0n) is 11.0. The topological polar surface area (TPSA) is 78.9 Å². The normalized spacial score (nSPS) is 21.4. The number of ether oxygens (including phenoxy) is 1. The zero-order valence-corrected chi connectivity index (χ0v) is 11.0. The molecule has 1 saturated heterocycles. The van der Waals surface area contributed by atoms with Crippen LogP contribution in [-0.4, -0.2) is 54.4 Å². The first-order valence-electron chi connectivity index (χ1n) is 6.33. The third kappa shape index (κ3) is 4.52. The molecule has 0 aromatic carbocycles. The van der Waals surface area contributed by atoms with Crippen LogP contribution in [0.3, 0.4) is 0 Å². The minimum atomic E-state index is -0.857. The maximum absolute atomic E-state index is 12.0. The number of nitrogens with zero attached hydrogens (tertiary/aromatic N) is 1. The first kappa shape index (κ1) is 14.8. The highest BCUT2D eigenvalue weighted by atomic mass is 16.5. The lowest BCUT2D eigenvalue weighted by molar-refractivity contribution is -0.138. The third-order valence-corrected chi connectivity index (χ3v) is 3.24. The fourth-order valence-corrected chi connectivity index (χ4v) is 2.10. The summed E-state index contributed by atoms with van der Waals surface area (Å²) in [6, 6.07) is -0.376. The third-order valence-electron chi connectivity index (χ3n) is 3.24. The van der Waals surface area contributed by atoms with Gasteiger partial charge in [0.25, 0.3) is 0 Å². The number of carboxylic acid groups (broad SMARTS) is 1. The van der Waals surface area contributed by atoms with Crippen LogP contribution in [0.5, 0.6) is 0 Å². The summed E-state index contributed by atoms with van der Waals surface area (Å²) in [6.45, 7) is 2.93. The average molecular weight is 258 g/mol. The highest BCUT2D eigenvalue weighted by molar-refractivity contribution is 5.76. The largest absolute Gasteiger partial charge is 0.481 e. The molecule has 0 aliphatic carbocycles. The van der Waals surface area contributed by atoms with Crippen molar-refractivity contribution in [1.29, 1.82) is 0 Å². The van der Waals surface area contributed by atoms with Gasteiger partial charge in [-0.15, -0.1) is 0 Å². The van der Waals surface area contributed by atoms with Crippen molar-refractivity contribution < 1.29 is 19.4 Å². The number of hydrogen-bond donors (Lipinski definition) is 2. The van der Waals surface area contributed by atoms with Gasteiger partial charge < -0.3 is 20.1 Å². The molecule has 0 aromatic heterocycles. The van der Waals surface area contributed by atoms with Crippen LogP contribution in [-0.2, 0) is 9.53 Å². The number of amides is 2. The molecule has 0 saturated carbocycles. The first-order valence-corrected chi connectivity index (χ1v) is 6.33. The molecule has 6 nitrogen and oxygen atoms in total. The molecule has 0 spiro atoms. The SMILES string of the molecule is COC(C)CNC(=O)N1CCCCC1CC(=O)O. The van der Waals surface area contributed by atoms with Crippen LogP contribution in [0.4, 0.5) is 4.79 Å². The second-order valence-corrected chi connectivity index (χ2v) is 4.67. The van der Waals surface area contributed by atoms with Gasteiger partial charge in [0.2, 0.25) is 0 Å². The number of hydrogen-bond acceptors (Lipinski definition) is 3. The molecule has 1 aliphatic heterocycles. The van der Waals surface area contributed by atoms with E-state index >= 15 is 0 Å². The molecule has 1 aliphatic rings. The molecule has 2 N–H and O–H groups in total. The van der Waals surface area contributed by atoms with Gasteiger partial charge in [-0.3, -0.25) is 4.79 Å². The lowest BCUT2D eigenvalue weighted by atomic mass is 10.00. The Morgan fingerprint density at radius 2 is 2.22 bits per heavy atom. The summed E-state index contributed by atoms with van der Waals surface area (Å²) in [7, 11) is 1.59. The molecule has 2 amide bonds. The smallest absolute Gasteiger partial charge is 0.317 e. The number of urea groups is 1. The number of carbonyl (C=O) groups excluding carboxylic acids is 1. The molecular weight excluding hydrogens is 236 g/mol. The predicted octanol–water partition coefficient (Wildman–Crippen LogP) is 1.06. The number of likely N-dealkylation sites (tertiary alicyclic amines) is 1. The van der Waals surface area contributed by atoms with E-state index in [-0.39, 0.29) is 24.6 Å². The molecule has 0 bridgehead atoms. The summed E-state index contributed by atoms with van der Waals surface area (Å²) >= 11 is 0. The Morgan fingerprint density at radius 1 is 1.50 bits per heavy atom. The van der Waals surface area contributed by atoms with Crippen LogP contribution in [0.25, 0.3) is 0 Å². The number of carbonyl (C=O) groups is 2. The van der Waals surface area contributed by atoms with E-state index in [0.29, 0.717) is 13.1 Å². The molecule has 1 fully saturated rings. The minimum Gasteiger partial charge on any atom is -0.481 e. The first-order chi connectivity index (χ1) is 8.54. The summed E-state index contributed by atoms with van der Waals surface area (Å²) in [5.74, 6) is -0.857. The van der Waals surface area contributed by atoms with Crippen molar-refractivity contribution in [3.05, 3.63) is 0 Å². The standard InChI is InChI=1S/C12H22N2O4/c1-9(18-2)8-13-12(17)14-6-4-3-5-10(14)7-11(15)16/h9-10H,3-8H2,1-2H3,(H,13,17)(H,15,16). The number of carboxylic acids is 1. The van der Waals surface area contributed by atoms with E-state index in [1.54, 1.807) is 12.0 Å². The molecule has 2 atom stereocenters. The Balaban J connectivity index is 2.49. The maximum atomic E-state index is 12.0. The Bertz CT molecular complexity index is 296. The highest BCUT2D eigenvalue weighted by Crippen LogP contribution is 2.19. The van der Waals surface area contributed by atoms with Crippen LogP contribution in [0.1, 0.15) is 32.6 Å². The maximum Gasteiger partial charge on any atom is 0.317 e. The molecule has 6 heteroatoms. The lowest BCUT2D eigenvalue weighted by Crippen LogP contribution is -2.50. The van der Waals surface area contributed by atoms with Crippen molar-refractivity contribution in [3.8, 4) is 0 Å². The van der Waals surface area contributed by atoms with Gasteiger partial charge in [0.15, 0.2) is 0 Å². The number of piperidine rings is 1. The number of methoxy groups -OCH3 is 1. The van der Waals surface area contributed by atoms with Crippen LogP contribution >= 0.6 is 0 Å². The van der Waals surface area contributed by atoms with Crippen LogP contribution < -0.4 is 5.32 Å². The van der Waals surface area contributed by atoms with Crippen LogP contribution in [0, 0.1) is 0 Å². The monoisotopic (exact) mass is 258 g/mol. The second-order valence-electron chi connectivity index (χ2n) is 4.67. The molecule has 2 unspecified atom stereocenters. The van der Waals surface area contributed by atoms with Crippen LogP contribution in [0.15, 0.2) is 0 Å². The number of nitrogens with one attached hydrogen (secondary N) is 1. The van der Waals surface area contributed by atoms with Gasteiger partial charge in [-0.1, -0.05) is 0 Å². The van der Waals surface area contributed by atoms with Gasteiger partial charge in [-0.05, 0) is 26.2 Å². The second kappa shape index (κ2) is 7.20. The van der Waals surface area contributed by atoms with E-state index in [4.69, 9.17) is 9.84 Å². The molecule has 1 rings (SSSR count). The molecular formula is C12H22N2O4. The summed E-state index contributed by atoms with van der Waals surface area (Å²) in [5, 5.41) is 11.6. The quantitative estimate of drug-likeness (QED) is 0.773. The number of rotatable bonds is 5. The summed E-state index contributed by atoms with van der Waals surface area (Å²) < 4.78 is 5.05. The summed E-state index contributed by atoms with van der Waals surface area (Å²) in [4.78, 5) is 24.4. The fraction of sp³-hybridized carbons (Fsp3) is 0.833. The number of aliphatic carboxylic acids is 1. The molecule has 1 heterocycles. The van der Waals surface area contributed by atoms with Crippen molar-refractivity contribution in [3.63, 3.8) is 0 Å². The van der Waals surface area contributed by atoms with Crippen molar-refractivity contribution >= 4 is 12.0 Å². The summed E-state index contributed by atoms with van der Waals surface area (Å²) in [6.07, 6.45) is 2.66. The van der Waals surface area contributed by atoms with E-state index in [1.807, 2.05) is 6.92 Å². The van der Waals surface area contributed by atoms with Crippen molar-refractivity contribution in [2.45, 2.75) is 44.8 Å². The predicted molar refractivity (Wildman–Crippen MR) is 66.5 cm³/mol. The zero-order chi connectivity index (χ0) is 13.5. The lowest BCUT2D eigenvalue weighted by Gasteiger charge is -2.35. The molecule has 104 valence electrons.